The molecule has 1 aromatic heterocycles. The van der Waals surface area contributed by atoms with Crippen LogP contribution in [-0.4, -0.2) is 4.98 Å². The van der Waals surface area contributed by atoms with Crippen LogP contribution in [0.1, 0.15) is 5.56 Å². The van der Waals surface area contributed by atoms with Crippen LogP contribution in [0.4, 0.5) is 0 Å². The van der Waals surface area contributed by atoms with E-state index in [2.05, 4.69) is 52.7 Å². The Hall–Kier alpha value is -0.900. The van der Waals surface area contributed by atoms with Crippen molar-refractivity contribution in [1.29, 1.82) is 0 Å². The normalized spacial score (nSPS) is 10.1. The van der Waals surface area contributed by atoms with Crippen LogP contribution in [-0.2, 0) is 0 Å². The van der Waals surface area contributed by atoms with Crippen molar-refractivity contribution in [2.45, 2.75) is 6.92 Å². The third kappa shape index (κ3) is 1.80. The first kappa shape index (κ1) is 9.65. The van der Waals surface area contributed by atoms with Gasteiger partial charge in [0.25, 0.3) is 0 Å². The average molecular weight is 295 g/mol. The van der Waals surface area contributed by atoms with Gasteiger partial charge in [-0.2, -0.15) is 0 Å². The summed E-state index contributed by atoms with van der Waals surface area (Å²) in [5.41, 5.74) is 3.57. The van der Waals surface area contributed by atoms with E-state index in [1.807, 2.05) is 24.4 Å². The summed E-state index contributed by atoms with van der Waals surface area (Å²) in [6.07, 6.45) is 1.83. The number of aryl methyl sites for hydroxylation is 1. The van der Waals surface area contributed by atoms with Crippen molar-refractivity contribution < 1.29 is 0 Å². The molecule has 0 radical (unpaired) electrons. The van der Waals surface area contributed by atoms with E-state index >= 15 is 0 Å². The Morgan fingerprint density at radius 1 is 1.07 bits per heavy atom. The molecule has 70 valence electrons. The number of benzene rings is 1. The van der Waals surface area contributed by atoms with Crippen molar-refractivity contribution in [3.63, 3.8) is 0 Å². The summed E-state index contributed by atoms with van der Waals surface area (Å²) in [5.74, 6) is 0. The maximum Gasteiger partial charge on any atom is 0.0715 e. The highest BCUT2D eigenvalue weighted by Crippen LogP contribution is 2.26. The minimum absolute atomic E-state index is 1.05. The third-order valence-electron chi connectivity index (χ3n) is 2.14. The number of halogens is 1. The van der Waals surface area contributed by atoms with E-state index in [1.165, 1.54) is 14.7 Å². The number of rotatable bonds is 1. The summed E-state index contributed by atoms with van der Waals surface area (Å²) in [6.45, 7) is 2.12. The van der Waals surface area contributed by atoms with Crippen molar-refractivity contribution in [2.24, 2.45) is 0 Å². The Morgan fingerprint density at radius 2 is 1.93 bits per heavy atom. The van der Waals surface area contributed by atoms with Gasteiger partial charge >= 0.3 is 0 Å². The van der Waals surface area contributed by atoms with E-state index in [4.69, 9.17) is 0 Å². The van der Waals surface area contributed by atoms with Crippen LogP contribution in [0, 0.1) is 10.5 Å². The molecule has 0 saturated heterocycles. The summed E-state index contributed by atoms with van der Waals surface area (Å²) in [7, 11) is 0. The zero-order valence-electron chi connectivity index (χ0n) is 7.87. The molecule has 0 spiro atoms. The summed E-state index contributed by atoms with van der Waals surface area (Å²) >= 11 is 2.35. The monoisotopic (exact) mass is 295 g/mol. The number of aromatic nitrogens is 1. The molecule has 0 bridgehead atoms. The van der Waals surface area contributed by atoms with Crippen molar-refractivity contribution in [3.8, 4) is 11.3 Å². The molecule has 0 saturated carbocycles. The molecule has 0 N–H and O–H groups in total. The van der Waals surface area contributed by atoms with Gasteiger partial charge in [-0.15, -0.1) is 0 Å². The number of nitrogens with zero attached hydrogens (tertiary/aromatic N) is 1. The van der Waals surface area contributed by atoms with Gasteiger partial charge in [-0.05, 0) is 53.3 Å². The predicted octanol–water partition coefficient (Wildman–Crippen LogP) is 3.66. The first-order valence-electron chi connectivity index (χ1n) is 4.45. The summed E-state index contributed by atoms with van der Waals surface area (Å²) in [5, 5.41) is 0. The van der Waals surface area contributed by atoms with Crippen LogP contribution in [0.2, 0.25) is 0 Å². The molecule has 0 fully saturated rings. The van der Waals surface area contributed by atoms with Gasteiger partial charge in [0.2, 0.25) is 0 Å². The zero-order chi connectivity index (χ0) is 9.97. The molecule has 0 aliphatic rings. The fourth-order valence-corrected chi connectivity index (χ4v) is 2.38. The lowest BCUT2D eigenvalue weighted by Crippen LogP contribution is -1.89. The molecule has 2 aromatic rings. The second kappa shape index (κ2) is 4.09. The Labute approximate surface area is 97.3 Å². The van der Waals surface area contributed by atoms with E-state index in [0.717, 1.165) is 5.69 Å². The second-order valence-electron chi connectivity index (χ2n) is 3.15. The van der Waals surface area contributed by atoms with Crippen molar-refractivity contribution in [1.82, 2.24) is 4.98 Å². The fourth-order valence-electron chi connectivity index (χ4n) is 1.47. The summed E-state index contributed by atoms with van der Waals surface area (Å²) in [6, 6.07) is 12.3. The highest BCUT2D eigenvalue weighted by molar-refractivity contribution is 14.1. The van der Waals surface area contributed by atoms with Gasteiger partial charge in [0.1, 0.15) is 0 Å². The van der Waals surface area contributed by atoms with Crippen molar-refractivity contribution in [3.05, 3.63) is 51.7 Å². The minimum atomic E-state index is 1.05. The molecule has 0 aliphatic carbocycles. The fraction of sp³-hybridized carbons (Fsp3) is 0.0833. The first-order valence-corrected chi connectivity index (χ1v) is 5.53. The topological polar surface area (TPSA) is 12.9 Å². The molecular formula is C12H10IN. The smallest absolute Gasteiger partial charge is 0.0715 e. The lowest BCUT2D eigenvalue weighted by Gasteiger charge is -2.06. The number of hydrogen-bond donors (Lipinski definition) is 0. The van der Waals surface area contributed by atoms with E-state index in [1.54, 1.807) is 0 Å². The molecule has 2 rings (SSSR count). The van der Waals surface area contributed by atoms with Gasteiger partial charge in [-0.1, -0.05) is 18.2 Å². The summed E-state index contributed by atoms with van der Waals surface area (Å²) < 4.78 is 1.25. The van der Waals surface area contributed by atoms with Crippen LogP contribution in [0.5, 0.6) is 0 Å². The van der Waals surface area contributed by atoms with Crippen LogP contribution < -0.4 is 0 Å². The Morgan fingerprint density at radius 3 is 2.57 bits per heavy atom. The van der Waals surface area contributed by atoms with Gasteiger partial charge in [0.05, 0.1) is 5.69 Å². The highest BCUT2D eigenvalue weighted by Gasteiger charge is 2.05. The maximum absolute atomic E-state index is 4.37. The molecule has 1 aromatic carbocycles. The van der Waals surface area contributed by atoms with E-state index in [0.29, 0.717) is 0 Å². The highest BCUT2D eigenvalue weighted by atomic mass is 127. The van der Waals surface area contributed by atoms with Crippen molar-refractivity contribution >= 4 is 22.6 Å². The average Bonchev–Trinajstić information content (AvgIpc) is 2.19. The quantitative estimate of drug-likeness (QED) is 0.732. The third-order valence-corrected chi connectivity index (χ3v) is 3.04. The summed E-state index contributed by atoms with van der Waals surface area (Å²) in [4.78, 5) is 4.37. The molecule has 0 amide bonds. The van der Waals surface area contributed by atoms with Gasteiger partial charge < -0.3 is 0 Å². The standard InChI is InChI=1S/C12H10IN/c1-9-5-4-6-10(13)12(9)11-7-2-3-8-14-11/h2-8H,1H3. The molecule has 14 heavy (non-hydrogen) atoms. The van der Waals surface area contributed by atoms with Crippen LogP contribution in [0.25, 0.3) is 11.3 Å². The van der Waals surface area contributed by atoms with E-state index < -0.39 is 0 Å². The van der Waals surface area contributed by atoms with E-state index in [9.17, 15) is 0 Å². The van der Waals surface area contributed by atoms with Crippen LogP contribution in [0.3, 0.4) is 0 Å². The molecule has 1 nitrogen and oxygen atoms in total. The minimum Gasteiger partial charge on any atom is -0.256 e. The second-order valence-corrected chi connectivity index (χ2v) is 4.31. The van der Waals surface area contributed by atoms with E-state index in [-0.39, 0.29) is 0 Å². The predicted molar refractivity (Wildman–Crippen MR) is 67.1 cm³/mol. The van der Waals surface area contributed by atoms with Gasteiger partial charge in [-0.25, -0.2) is 0 Å². The first-order chi connectivity index (χ1) is 6.79. The Kier molecular flexibility index (Phi) is 2.82. The van der Waals surface area contributed by atoms with Crippen LogP contribution in [0.15, 0.2) is 42.6 Å². The maximum atomic E-state index is 4.37. The SMILES string of the molecule is Cc1cccc(I)c1-c1ccccn1. The Bertz CT molecular complexity index is 417. The van der Waals surface area contributed by atoms with Gasteiger partial charge in [0, 0.05) is 15.3 Å². The van der Waals surface area contributed by atoms with Crippen molar-refractivity contribution in [2.75, 3.05) is 0 Å². The van der Waals surface area contributed by atoms with Gasteiger partial charge in [0.15, 0.2) is 0 Å². The number of hydrogen-bond acceptors (Lipinski definition) is 1. The lowest BCUT2D eigenvalue weighted by atomic mass is 10.1. The zero-order valence-corrected chi connectivity index (χ0v) is 10.0. The molecule has 2 heteroatoms. The molecular weight excluding hydrogens is 285 g/mol. The molecule has 1 heterocycles. The van der Waals surface area contributed by atoms with Crippen LogP contribution >= 0.6 is 22.6 Å². The largest absolute Gasteiger partial charge is 0.256 e. The van der Waals surface area contributed by atoms with Gasteiger partial charge in [-0.3, -0.25) is 4.98 Å². The molecule has 0 atom stereocenters. The Balaban J connectivity index is 2.63. The molecule has 0 unspecified atom stereocenters. The molecule has 0 aliphatic heterocycles. The number of pyridine rings is 1. The lowest BCUT2D eigenvalue weighted by molar-refractivity contribution is 1.30.